The van der Waals surface area contributed by atoms with E-state index >= 15 is 0 Å². The zero-order valence-electron chi connectivity index (χ0n) is 15.8. The fourth-order valence-electron chi connectivity index (χ4n) is 2.26. The number of nitrogens with one attached hydrogen (secondary N) is 3. The summed E-state index contributed by atoms with van der Waals surface area (Å²) in [4.78, 5) is 20.8. The van der Waals surface area contributed by atoms with E-state index in [1.165, 1.54) is 36.0 Å². The third kappa shape index (κ3) is 6.19. The van der Waals surface area contributed by atoms with Gasteiger partial charge >= 0.3 is 0 Å². The quantitative estimate of drug-likeness (QED) is 0.421. The topological polar surface area (TPSA) is 117 Å². The Morgan fingerprint density at radius 1 is 1.10 bits per heavy atom. The van der Waals surface area contributed by atoms with Crippen LogP contribution < -0.4 is 16.0 Å². The summed E-state index contributed by atoms with van der Waals surface area (Å²) in [6, 6.07) is 5.41. The minimum absolute atomic E-state index is 0.113. The molecule has 0 spiro atoms. The van der Waals surface area contributed by atoms with Crippen molar-refractivity contribution in [1.29, 1.82) is 0 Å². The molecule has 3 rings (SSSR count). The number of aliphatic imine (C=N–C) groups is 2. The molecule has 154 valence electrons. The van der Waals surface area contributed by atoms with Crippen molar-refractivity contribution in [2.75, 3.05) is 18.8 Å². The first-order chi connectivity index (χ1) is 14.1. The second-order valence-electron chi connectivity index (χ2n) is 5.61. The highest BCUT2D eigenvalue weighted by molar-refractivity contribution is 8.00. The second-order valence-corrected chi connectivity index (χ2v) is 7.59. The smallest absolute Gasteiger partial charge is 0.281 e. The minimum atomic E-state index is -0.382. The molecule has 1 fully saturated rings. The lowest BCUT2D eigenvalue weighted by Crippen LogP contribution is -2.61. The number of halogens is 1. The van der Waals surface area contributed by atoms with Crippen molar-refractivity contribution in [1.82, 2.24) is 26.1 Å². The van der Waals surface area contributed by atoms with Gasteiger partial charge in [0.1, 0.15) is 5.82 Å². The van der Waals surface area contributed by atoms with Crippen LogP contribution in [0.2, 0.25) is 0 Å². The van der Waals surface area contributed by atoms with E-state index in [4.69, 9.17) is 4.42 Å². The predicted octanol–water partition coefficient (Wildman–Crippen LogP) is 2.09. The van der Waals surface area contributed by atoms with Crippen LogP contribution in [0, 0.1) is 5.82 Å². The molecule has 0 bridgehead atoms. The number of hydrogen-bond acceptors (Lipinski definition) is 8. The molecule has 1 aliphatic rings. The number of aromatic nitrogens is 2. The molecule has 2 heterocycles. The van der Waals surface area contributed by atoms with Gasteiger partial charge < -0.3 is 15.1 Å². The van der Waals surface area contributed by atoms with Crippen molar-refractivity contribution >= 4 is 41.2 Å². The normalized spacial score (nSPS) is 18.9. The molecule has 9 nitrogen and oxygen atoms in total. The van der Waals surface area contributed by atoms with Gasteiger partial charge in [-0.3, -0.25) is 20.1 Å². The predicted molar refractivity (Wildman–Crippen MR) is 111 cm³/mol. The molecular weight excluding hydrogens is 417 g/mol. The van der Waals surface area contributed by atoms with Crippen molar-refractivity contribution in [3.63, 3.8) is 0 Å². The average Bonchev–Trinajstić information content (AvgIpc) is 3.14. The maximum absolute atomic E-state index is 12.9. The van der Waals surface area contributed by atoms with Crippen LogP contribution >= 0.6 is 23.5 Å². The van der Waals surface area contributed by atoms with Crippen LogP contribution in [0.25, 0.3) is 0 Å². The molecule has 0 amide bonds. The molecule has 0 radical (unpaired) electrons. The van der Waals surface area contributed by atoms with Crippen molar-refractivity contribution in [2.45, 2.75) is 29.8 Å². The highest BCUT2D eigenvalue weighted by atomic mass is 32.2. The maximum Gasteiger partial charge on any atom is 0.281 e. The van der Waals surface area contributed by atoms with E-state index in [2.05, 4.69) is 36.1 Å². The molecule has 29 heavy (non-hydrogen) atoms. The minimum Gasteiger partial charge on any atom is -0.406 e. The summed E-state index contributed by atoms with van der Waals surface area (Å²) in [6.45, 7) is 5.11. The van der Waals surface area contributed by atoms with Crippen LogP contribution in [-0.4, -0.2) is 52.2 Å². The van der Waals surface area contributed by atoms with Gasteiger partial charge in [0.25, 0.3) is 10.4 Å². The summed E-state index contributed by atoms with van der Waals surface area (Å²) >= 11 is 2.40. The number of hydrogen-bond donors (Lipinski definition) is 3. The van der Waals surface area contributed by atoms with E-state index in [9.17, 15) is 9.18 Å². The van der Waals surface area contributed by atoms with E-state index in [-0.39, 0.29) is 28.1 Å². The lowest BCUT2D eigenvalue weighted by molar-refractivity contribution is 0.102. The summed E-state index contributed by atoms with van der Waals surface area (Å²) in [5.41, 5.74) is 0.132. The first-order valence-corrected chi connectivity index (χ1v) is 10.7. The molecule has 0 saturated carbocycles. The molecule has 0 unspecified atom stereocenters. The number of rotatable bonds is 8. The summed E-state index contributed by atoms with van der Waals surface area (Å²) < 4.78 is 18.5. The molecule has 12 heteroatoms. The summed E-state index contributed by atoms with van der Waals surface area (Å²) in [5, 5.41) is 18.0. The summed E-state index contributed by atoms with van der Waals surface area (Å²) in [7, 11) is 0. The van der Waals surface area contributed by atoms with Crippen molar-refractivity contribution < 1.29 is 13.6 Å². The van der Waals surface area contributed by atoms with Crippen LogP contribution in [0.3, 0.4) is 0 Å². The number of ketones is 1. The molecule has 2 aromatic rings. The fraction of sp³-hybridized carbons (Fsp3) is 0.353. The molecule has 1 aliphatic heterocycles. The summed E-state index contributed by atoms with van der Waals surface area (Å²) in [5.74, 6) is 0.796. The number of carbonyl (C=O) groups is 1. The number of benzene rings is 1. The highest BCUT2D eigenvalue weighted by Gasteiger charge is 2.23. The van der Waals surface area contributed by atoms with Crippen molar-refractivity contribution in [3.8, 4) is 0 Å². The maximum atomic E-state index is 12.9. The zero-order chi connectivity index (χ0) is 20.6. The van der Waals surface area contributed by atoms with Crippen molar-refractivity contribution in [2.24, 2.45) is 9.98 Å². The Kier molecular flexibility index (Phi) is 7.47. The van der Waals surface area contributed by atoms with Gasteiger partial charge in [-0.1, -0.05) is 11.8 Å². The second kappa shape index (κ2) is 10.3. The molecule has 3 N–H and O–H groups in total. The Bertz CT molecular complexity index is 879. The van der Waals surface area contributed by atoms with Gasteiger partial charge in [0.05, 0.1) is 5.75 Å². The number of nitrogens with zero attached hydrogens (tertiary/aromatic N) is 4. The van der Waals surface area contributed by atoms with Gasteiger partial charge in [-0.05, 0) is 49.9 Å². The van der Waals surface area contributed by atoms with Crippen LogP contribution in [0.15, 0.2) is 49.1 Å². The first-order valence-electron chi connectivity index (χ1n) is 8.88. The van der Waals surface area contributed by atoms with Gasteiger partial charge in [-0.25, -0.2) is 4.39 Å². The highest BCUT2D eigenvalue weighted by Crippen LogP contribution is 2.25. The van der Waals surface area contributed by atoms with Gasteiger partial charge in [0, 0.05) is 18.7 Å². The largest absolute Gasteiger partial charge is 0.406 e. The Balaban J connectivity index is 1.56. The third-order valence-corrected chi connectivity index (χ3v) is 5.16. The number of carbonyl (C=O) groups excluding carboxylic acids is 1. The number of guanidine groups is 2. The van der Waals surface area contributed by atoms with E-state index < -0.39 is 0 Å². The Morgan fingerprint density at radius 2 is 1.72 bits per heavy atom. The molecular formula is C17H20FN7O2S2. The molecule has 1 saturated heterocycles. The van der Waals surface area contributed by atoms with Gasteiger partial charge in [-0.15, -0.1) is 10.2 Å². The van der Waals surface area contributed by atoms with Gasteiger partial charge in [-0.2, -0.15) is 0 Å². The first kappa shape index (κ1) is 21.1. The van der Waals surface area contributed by atoms with E-state index in [0.29, 0.717) is 35.8 Å². The fourth-order valence-corrected chi connectivity index (χ4v) is 3.73. The average molecular weight is 438 g/mol. The Labute approximate surface area is 175 Å². The molecule has 0 atom stereocenters. The van der Waals surface area contributed by atoms with E-state index in [1.807, 2.05) is 13.8 Å². The number of Topliss-reactive ketones (excluding diaryl/α,β-unsaturated/α-hetero) is 1. The van der Waals surface area contributed by atoms with E-state index in [0.717, 1.165) is 11.8 Å². The van der Waals surface area contributed by atoms with Crippen molar-refractivity contribution in [3.05, 3.63) is 35.6 Å². The standard InChI is InChI=1S/C17H20FN7O2S2/c1-3-19-13-21-14(20-4-2)23-15(22-13)29-17-25-24-16(27-17)28-9-12(26)10-5-7-11(18)8-6-10/h5-8,15H,3-4,9H2,1-2H3,(H3,19,20,21,22,23). The van der Waals surface area contributed by atoms with Gasteiger partial charge in [0.15, 0.2) is 23.2 Å². The lowest BCUT2D eigenvalue weighted by atomic mass is 10.1. The zero-order valence-corrected chi connectivity index (χ0v) is 17.4. The van der Waals surface area contributed by atoms with Crippen LogP contribution in [-0.2, 0) is 0 Å². The van der Waals surface area contributed by atoms with E-state index in [1.54, 1.807) is 0 Å². The van der Waals surface area contributed by atoms with Gasteiger partial charge in [0.2, 0.25) is 0 Å². The Hall–Kier alpha value is -2.60. The SMILES string of the molecule is CCN=C1NC(=NCC)NC(Sc2nnc(SCC(=O)c3ccc(F)cc3)o2)N1. The summed E-state index contributed by atoms with van der Waals surface area (Å²) in [6.07, 6.45) is 0. The number of thioether (sulfide) groups is 2. The lowest BCUT2D eigenvalue weighted by Gasteiger charge is -2.28. The third-order valence-electron chi connectivity index (χ3n) is 3.50. The van der Waals surface area contributed by atoms with Crippen LogP contribution in [0.5, 0.6) is 0 Å². The van der Waals surface area contributed by atoms with Crippen LogP contribution in [0.4, 0.5) is 4.39 Å². The molecule has 0 aliphatic carbocycles. The Morgan fingerprint density at radius 3 is 2.34 bits per heavy atom. The van der Waals surface area contributed by atoms with Crippen LogP contribution in [0.1, 0.15) is 24.2 Å². The monoisotopic (exact) mass is 437 g/mol. The molecule has 1 aromatic heterocycles. The molecule has 1 aromatic carbocycles.